The van der Waals surface area contributed by atoms with Crippen molar-refractivity contribution in [3.05, 3.63) is 52.2 Å². The first-order chi connectivity index (χ1) is 7.25. The molecule has 76 valence electrons. The lowest BCUT2D eigenvalue weighted by Crippen LogP contribution is -2.10. The fourth-order valence-corrected chi connectivity index (χ4v) is 1.96. The number of anilines is 1. The van der Waals surface area contributed by atoms with Crippen LogP contribution in [0.2, 0.25) is 0 Å². The normalized spacial score (nSPS) is 9.93. The molecule has 0 radical (unpaired) electrons. The molecule has 2 rings (SSSR count). The number of carbonyl (C=O) groups is 1. The Kier molecular flexibility index (Phi) is 2.83. The molecule has 1 N–H and O–H groups in total. The quantitative estimate of drug-likeness (QED) is 0.821. The van der Waals surface area contributed by atoms with Crippen LogP contribution in [0.4, 0.5) is 5.69 Å². The van der Waals surface area contributed by atoms with Crippen LogP contribution < -0.4 is 5.32 Å². The highest BCUT2D eigenvalue weighted by molar-refractivity contribution is 7.08. The lowest BCUT2D eigenvalue weighted by atomic mass is 10.2. The Hall–Kier alpha value is -1.61. The summed E-state index contributed by atoms with van der Waals surface area (Å²) in [6.45, 7) is 2.00. The van der Waals surface area contributed by atoms with E-state index in [1.165, 1.54) is 11.3 Å². The lowest BCUT2D eigenvalue weighted by molar-refractivity contribution is 0.102. The van der Waals surface area contributed by atoms with Crippen molar-refractivity contribution < 1.29 is 4.79 Å². The summed E-state index contributed by atoms with van der Waals surface area (Å²) in [5, 5.41) is 6.59. The molecule has 2 nitrogen and oxygen atoms in total. The second kappa shape index (κ2) is 4.28. The molecule has 2 aromatic rings. The predicted octanol–water partition coefficient (Wildman–Crippen LogP) is 3.31. The Bertz CT molecular complexity index is 462. The Labute approximate surface area is 92.6 Å². The van der Waals surface area contributed by atoms with Crippen LogP contribution in [0, 0.1) is 6.92 Å². The predicted molar refractivity (Wildman–Crippen MR) is 63.5 cm³/mol. The van der Waals surface area contributed by atoms with Crippen LogP contribution in [0.5, 0.6) is 0 Å². The van der Waals surface area contributed by atoms with E-state index in [0.717, 1.165) is 11.3 Å². The highest BCUT2D eigenvalue weighted by Gasteiger charge is 2.05. The zero-order chi connectivity index (χ0) is 10.7. The van der Waals surface area contributed by atoms with Gasteiger partial charge in [-0.25, -0.2) is 0 Å². The summed E-state index contributed by atoms with van der Waals surface area (Å²) in [6.07, 6.45) is 0. The van der Waals surface area contributed by atoms with Crippen molar-refractivity contribution in [3.63, 3.8) is 0 Å². The molecule has 0 spiro atoms. The monoisotopic (exact) mass is 217 g/mol. The average molecular weight is 217 g/mol. The van der Waals surface area contributed by atoms with E-state index in [4.69, 9.17) is 0 Å². The van der Waals surface area contributed by atoms with Gasteiger partial charge in [0.1, 0.15) is 0 Å². The van der Waals surface area contributed by atoms with Gasteiger partial charge in [-0.2, -0.15) is 11.3 Å². The van der Waals surface area contributed by atoms with E-state index < -0.39 is 0 Å². The molecule has 0 aliphatic carbocycles. The molecule has 0 fully saturated rings. The van der Waals surface area contributed by atoms with Crippen LogP contribution in [0.15, 0.2) is 41.1 Å². The van der Waals surface area contributed by atoms with Gasteiger partial charge in [0.05, 0.1) is 5.56 Å². The number of hydrogen-bond donors (Lipinski definition) is 1. The summed E-state index contributed by atoms with van der Waals surface area (Å²) >= 11 is 1.52. The molecular formula is C12H11NOS. The molecule has 0 aliphatic heterocycles. The number of hydrogen-bond acceptors (Lipinski definition) is 2. The molecule has 0 aliphatic rings. The first kappa shape index (κ1) is 9.93. The summed E-state index contributed by atoms with van der Waals surface area (Å²) < 4.78 is 0. The summed E-state index contributed by atoms with van der Waals surface area (Å²) in [5.41, 5.74) is 2.69. The van der Waals surface area contributed by atoms with E-state index in [0.29, 0.717) is 5.56 Å². The van der Waals surface area contributed by atoms with Gasteiger partial charge in [-0.15, -0.1) is 0 Å². The van der Waals surface area contributed by atoms with Crippen molar-refractivity contribution in [2.45, 2.75) is 6.92 Å². The maximum Gasteiger partial charge on any atom is 0.256 e. The van der Waals surface area contributed by atoms with Crippen LogP contribution in [-0.2, 0) is 0 Å². The third-order valence-electron chi connectivity index (χ3n) is 2.06. The highest BCUT2D eigenvalue weighted by Crippen LogP contribution is 2.12. The summed E-state index contributed by atoms with van der Waals surface area (Å²) in [7, 11) is 0. The molecule has 3 heteroatoms. The van der Waals surface area contributed by atoms with Gasteiger partial charge in [0.25, 0.3) is 5.91 Å². The largest absolute Gasteiger partial charge is 0.322 e. The minimum atomic E-state index is -0.0538. The first-order valence-corrected chi connectivity index (χ1v) is 5.60. The molecule has 0 unspecified atom stereocenters. The maximum atomic E-state index is 11.7. The van der Waals surface area contributed by atoms with Crippen LogP contribution >= 0.6 is 11.3 Å². The van der Waals surface area contributed by atoms with Crippen molar-refractivity contribution in [3.8, 4) is 0 Å². The lowest BCUT2D eigenvalue weighted by Gasteiger charge is -2.04. The van der Waals surface area contributed by atoms with Crippen molar-refractivity contribution in [1.82, 2.24) is 0 Å². The van der Waals surface area contributed by atoms with Gasteiger partial charge in [0.15, 0.2) is 0 Å². The molecule has 1 aromatic carbocycles. The van der Waals surface area contributed by atoms with E-state index in [1.807, 2.05) is 48.0 Å². The Morgan fingerprint density at radius 2 is 2.20 bits per heavy atom. The SMILES string of the molecule is Cc1cccc(NC(=O)c2ccsc2)c1. The van der Waals surface area contributed by atoms with Crippen LogP contribution in [0.25, 0.3) is 0 Å². The number of benzene rings is 1. The zero-order valence-electron chi connectivity index (χ0n) is 8.36. The third-order valence-corrected chi connectivity index (χ3v) is 2.74. The molecule has 1 heterocycles. The standard InChI is InChI=1S/C12H11NOS/c1-9-3-2-4-11(7-9)13-12(14)10-5-6-15-8-10/h2-8H,1H3,(H,13,14). The summed E-state index contributed by atoms with van der Waals surface area (Å²) in [5.74, 6) is -0.0538. The number of amides is 1. The smallest absolute Gasteiger partial charge is 0.256 e. The minimum absolute atomic E-state index is 0.0538. The maximum absolute atomic E-state index is 11.7. The van der Waals surface area contributed by atoms with Crippen molar-refractivity contribution in [2.24, 2.45) is 0 Å². The van der Waals surface area contributed by atoms with Gasteiger partial charge in [-0.1, -0.05) is 12.1 Å². The zero-order valence-corrected chi connectivity index (χ0v) is 9.17. The molecule has 0 atom stereocenters. The topological polar surface area (TPSA) is 29.1 Å². The first-order valence-electron chi connectivity index (χ1n) is 4.66. The molecule has 1 aromatic heterocycles. The van der Waals surface area contributed by atoms with E-state index in [9.17, 15) is 4.79 Å². The second-order valence-electron chi connectivity index (χ2n) is 3.34. The van der Waals surface area contributed by atoms with E-state index in [-0.39, 0.29) is 5.91 Å². The molecule has 1 amide bonds. The minimum Gasteiger partial charge on any atom is -0.322 e. The number of aryl methyl sites for hydroxylation is 1. The van der Waals surface area contributed by atoms with Gasteiger partial charge in [0, 0.05) is 11.1 Å². The fraction of sp³-hybridized carbons (Fsp3) is 0.0833. The summed E-state index contributed by atoms with van der Waals surface area (Å²) in [4.78, 5) is 11.7. The van der Waals surface area contributed by atoms with Gasteiger partial charge in [0.2, 0.25) is 0 Å². The third kappa shape index (κ3) is 2.44. The Morgan fingerprint density at radius 1 is 1.33 bits per heavy atom. The van der Waals surface area contributed by atoms with Crippen LogP contribution in [0.3, 0.4) is 0 Å². The van der Waals surface area contributed by atoms with E-state index >= 15 is 0 Å². The van der Waals surface area contributed by atoms with Crippen LogP contribution in [-0.4, -0.2) is 5.91 Å². The van der Waals surface area contributed by atoms with Crippen molar-refractivity contribution in [1.29, 1.82) is 0 Å². The van der Waals surface area contributed by atoms with E-state index in [1.54, 1.807) is 0 Å². The molecule has 0 saturated heterocycles. The van der Waals surface area contributed by atoms with E-state index in [2.05, 4.69) is 5.32 Å². The van der Waals surface area contributed by atoms with Crippen LogP contribution in [0.1, 0.15) is 15.9 Å². The van der Waals surface area contributed by atoms with Gasteiger partial charge in [-0.05, 0) is 36.1 Å². The van der Waals surface area contributed by atoms with Crippen molar-refractivity contribution in [2.75, 3.05) is 5.32 Å². The Morgan fingerprint density at radius 3 is 2.87 bits per heavy atom. The van der Waals surface area contributed by atoms with Gasteiger partial charge < -0.3 is 5.32 Å². The van der Waals surface area contributed by atoms with Gasteiger partial charge in [-0.3, -0.25) is 4.79 Å². The average Bonchev–Trinajstić information content (AvgIpc) is 2.70. The fourth-order valence-electron chi connectivity index (χ4n) is 1.32. The molecule has 15 heavy (non-hydrogen) atoms. The van der Waals surface area contributed by atoms with Crippen molar-refractivity contribution >= 4 is 22.9 Å². The highest BCUT2D eigenvalue weighted by atomic mass is 32.1. The number of rotatable bonds is 2. The number of carbonyl (C=O) groups excluding carboxylic acids is 1. The molecule has 0 bridgehead atoms. The number of thiophene rings is 1. The second-order valence-corrected chi connectivity index (χ2v) is 4.12. The molecular weight excluding hydrogens is 206 g/mol. The Balaban J connectivity index is 2.13. The number of nitrogens with one attached hydrogen (secondary N) is 1. The summed E-state index contributed by atoms with van der Waals surface area (Å²) in [6, 6.07) is 9.58. The molecule has 0 saturated carbocycles. The van der Waals surface area contributed by atoms with Gasteiger partial charge >= 0.3 is 0 Å².